The normalized spacial score (nSPS) is 16.8. The summed E-state index contributed by atoms with van der Waals surface area (Å²) in [6, 6.07) is 5.47. The number of carboxylic acid groups (broad SMARTS) is 1. The summed E-state index contributed by atoms with van der Waals surface area (Å²) in [5.74, 6) is -0.854. The van der Waals surface area contributed by atoms with Gasteiger partial charge in [-0.3, -0.25) is 4.90 Å². The van der Waals surface area contributed by atoms with E-state index >= 15 is 0 Å². The van der Waals surface area contributed by atoms with Crippen molar-refractivity contribution in [2.75, 3.05) is 26.3 Å². The van der Waals surface area contributed by atoms with Crippen molar-refractivity contribution < 1.29 is 14.6 Å². The molecule has 3 rings (SSSR count). The minimum atomic E-state index is -0.854. The Hall–Kier alpha value is -1.43. The third-order valence-electron chi connectivity index (χ3n) is 3.40. The molecule has 0 spiro atoms. The Kier molecular flexibility index (Phi) is 3.50. The third-order valence-corrected chi connectivity index (χ3v) is 4.40. The largest absolute Gasteiger partial charge is 0.478 e. The van der Waals surface area contributed by atoms with E-state index in [0.29, 0.717) is 5.56 Å². The highest BCUT2D eigenvalue weighted by Crippen LogP contribution is 2.30. The van der Waals surface area contributed by atoms with Gasteiger partial charge in [-0.05, 0) is 23.1 Å². The Morgan fingerprint density at radius 2 is 2.16 bits per heavy atom. The molecule has 1 aliphatic rings. The van der Waals surface area contributed by atoms with E-state index in [1.165, 1.54) is 0 Å². The van der Waals surface area contributed by atoms with Crippen molar-refractivity contribution in [1.29, 1.82) is 0 Å². The standard InChI is InChI=1S/C14H15NO3S/c16-14(17)11-2-1-3-12-13(11)10(9-19-12)8-15-4-6-18-7-5-15/h1-3,9H,4-8H2,(H,16,17). The Morgan fingerprint density at radius 1 is 1.37 bits per heavy atom. The van der Waals surface area contributed by atoms with Crippen LogP contribution in [0.1, 0.15) is 15.9 Å². The molecule has 4 nitrogen and oxygen atoms in total. The van der Waals surface area contributed by atoms with Crippen molar-refractivity contribution in [3.05, 3.63) is 34.7 Å². The predicted octanol–water partition coefficient (Wildman–Crippen LogP) is 2.43. The fourth-order valence-electron chi connectivity index (χ4n) is 2.45. The van der Waals surface area contributed by atoms with Crippen molar-refractivity contribution in [1.82, 2.24) is 4.90 Å². The van der Waals surface area contributed by atoms with Crippen LogP contribution in [0.2, 0.25) is 0 Å². The monoisotopic (exact) mass is 277 g/mol. The molecule has 1 aliphatic heterocycles. The Balaban J connectivity index is 1.96. The van der Waals surface area contributed by atoms with E-state index in [1.807, 2.05) is 6.07 Å². The smallest absolute Gasteiger partial charge is 0.336 e. The van der Waals surface area contributed by atoms with E-state index < -0.39 is 5.97 Å². The summed E-state index contributed by atoms with van der Waals surface area (Å²) >= 11 is 1.61. The minimum Gasteiger partial charge on any atom is -0.478 e. The molecular weight excluding hydrogens is 262 g/mol. The van der Waals surface area contributed by atoms with Crippen molar-refractivity contribution in [3.8, 4) is 0 Å². The second-order valence-corrected chi connectivity index (χ2v) is 5.54. The van der Waals surface area contributed by atoms with E-state index in [2.05, 4.69) is 10.3 Å². The van der Waals surface area contributed by atoms with Crippen LogP contribution in [0.5, 0.6) is 0 Å². The molecule has 1 aromatic heterocycles. The molecule has 0 aliphatic carbocycles. The summed E-state index contributed by atoms with van der Waals surface area (Å²) in [6.45, 7) is 4.13. The molecular formula is C14H15NO3S. The average molecular weight is 277 g/mol. The number of aromatic carboxylic acids is 1. The maximum absolute atomic E-state index is 11.3. The molecule has 100 valence electrons. The number of benzene rings is 1. The van der Waals surface area contributed by atoms with E-state index in [1.54, 1.807) is 23.5 Å². The maximum Gasteiger partial charge on any atom is 0.336 e. The number of fused-ring (bicyclic) bond motifs is 1. The second-order valence-electron chi connectivity index (χ2n) is 4.63. The molecule has 0 saturated carbocycles. The highest BCUT2D eigenvalue weighted by atomic mass is 32.1. The quantitative estimate of drug-likeness (QED) is 0.936. The molecule has 0 bridgehead atoms. The van der Waals surface area contributed by atoms with E-state index in [0.717, 1.165) is 48.5 Å². The van der Waals surface area contributed by atoms with Crippen LogP contribution < -0.4 is 0 Å². The number of hydrogen-bond acceptors (Lipinski definition) is 4. The van der Waals surface area contributed by atoms with Gasteiger partial charge in [-0.2, -0.15) is 0 Å². The SMILES string of the molecule is O=C(O)c1cccc2scc(CN3CCOCC3)c12. The van der Waals surface area contributed by atoms with Gasteiger partial charge in [0.05, 0.1) is 18.8 Å². The van der Waals surface area contributed by atoms with Gasteiger partial charge in [0.15, 0.2) is 0 Å². The van der Waals surface area contributed by atoms with E-state index in [-0.39, 0.29) is 0 Å². The maximum atomic E-state index is 11.3. The molecule has 1 N–H and O–H groups in total. The van der Waals surface area contributed by atoms with Crippen molar-refractivity contribution in [2.45, 2.75) is 6.54 Å². The first-order chi connectivity index (χ1) is 9.25. The van der Waals surface area contributed by atoms with Crippen molar-refractivity contribution >= 4 is 27.4 Å². The molecule has 0 atom stereocenters. The molecule has 1 saturated heterocycles. The summed E-state index contributed by atoms with van der Waals surface area (Å²) in [6.07, 6.45) is 0. The number of carboxylic acids is 1. The highest BCUT2D eigenvalue weighted by molar-refractivity contribution is 7.17. The molecule has 0 unspecified atom stereocenters. The zero-order valence-corrected chi connectivity index (χ0v) is 11.3. The lowest BCUT2D eigenvalue weighted by Gasteiger charge is -2.26. The number of hydrogen-bond donors (Lipinski definition) is 1. The molecule has 2 heterocycles. The molecule has 19 heavy (non-hydrogen) atoms. The lowest BCUT2D eigenvalue weighted by Crippen LogP contribution is -2.35. The Labute approximate surface area is 115 Å². The number of thiophene rings is 1. The van der Waals surface area contributed by atoms with Gasteiger partial charge in [0.25, 0.3) is 0 Å². The van der Waals surface area contributed by atoms with Crippen LogP contribution >= 0.6 is 11.3 Å². The van der Waals surface area contributed by atoms with Gasteiger partial charge in [-0.15, -0.1) is 11.3 Å². The lowest BCUT2D eigenvalue weighted by molar-refractivity contribution is 0.0344. The van der Waals surface area contributed by atoms with Crippen LogP contribution in [-0.4, -0.2) is 42.3 Å². The van der Waals surface area contributed by atoms with Crippen LogP contribution in [-0.2, 0) is 11.3 Å². The lowest BCUT2D eigenvalue weighted by atomic mass is 10.1. The number of nitrogens with zero attached hydrogens (tertiary/aromatic N) is 1. The Bertz CT molecular complexity index is 602. The number of ether oxygens (including phenoxy) is 1. The summed E-state index contributed by atoms with van der Waals surface area (Å²) in [5, 5.41) is 12.3. The summed E-state index contributed by atoms with van der Waals surface area (Å²) in [5.41, 5.74) is 1.52. The summed E-state index contributed by atoms with van der Waals surface area (Å²) in [7, 11) is 0. The van der Waals surface area contributed by atoms with Gasteiger partial charge in [0, 0.05) is 29.7 Å². The molecule has 5 heteroatoms. The first kappa shape index (κ1) is 12.6. The molecule has 1 fully saturated rings. The van der Waals surface area contributed by atoms with E-state index in [4.69, 9.17) is 4.74 Å². The van der Waals surface area contributed by atoms with Crippen LogP contribution in [0.4, 0.5) is 0 Å². The van der Waals surface area contributed by atoms with Crippen LogP contribution in [0.15, 0.2) is 23.6 Å². The number of carbonyl (C=O) groups is 1. The zero-order chi connectivity index (χ0) is 13.2. The Morgan fingerprint density at radius 3 is 2.89 bits per heavy atom. The van der Waals surface area contributed by atoms with Gasteiger partial charge < -0.3 is 9.84 Å². The minimum absolute atomic E-state index is 0.405. The van der Waals surface area contributed by atoms with Crippen molar-refractivity contribution in [3.63, 3.8) is 0 Å². The molecule has 1 aromatic carbocycles. The van der Waals surface area contributed by atoms with Gasteiger partial charge in [-0.25, -0.2) is 4.79 Å². The van der Waals surface area contributed by atoms with Crippen LogP contribution in [0.25, 0.3) is 10.1 Å². The fraction of sp³-hybridized carbons (Fsp3) is 0.357. The van der Waals surface area contributed by atoms with Gasteiger partial charge in [0.1, 0.15) is 0 Å². The first-order valence-electron chi connectivity index (χ1n) is 6.28. The van der Waals surface area contributed by atoms with Gasteiger partial charge in [-0.1, -0.05) is 6.07 Å². The van der Waals surface area contributed by atoms with Crippen molar-refractivity contribution in [2.24, 2.45) is 0 Å². The first-order valence-corrected chi connectivity index (χ1v) is 7.16. The molecule has 2 aromatic rings. The van der Waals surface area contributed by atoms with Crippen LogP contribution in [0, 0.1) is 0 Å². The summed E-state index contributed by atoms with van der Waals surface area (Å²) < 4.78 is 6.38. The van der Waals surface area contributed by atoms with Gasteiger partial charge >= 0.3 is 5.97 Å². The second kappa shape index (κ2) is 5.28. The highest BCUT2D eigenvalue weighted by Gasteiger charge is 2.17. The summed E-state index contributed by atoms with van der Waals surface area (Å²) in [4.78, 5) is 13.6. The predicted molar refractivity (Wildman–Crippen MR) is 74.9 cm³/mol. The molecule has 0 amide bonds. The van der Waals surface area contributed by atoms with Crippen LogP contribution in [0.3, 0.4) is 0 Å². The average Bonchev–Trinajstić information content (AvgIpc) is 2.83. The zero-order valence-electron chi connectivity index (χ0n) is 10.5. The molecule has 0 radical (unpaired) electrons. The number of rotatable bonds is 3. The van der Waals surface area contributed by atoms with Gasteiger partial charge in [0.2, 0.25) is 0 Å². The third kappa shape index (κ3) is 2.49. The fourth-order valence-corrected chi connectivity index (χ4v) is 3.43. The van der Waals surface area contributed by atoms with E-state index in [9.17, 15) is 9.90 Å². The number of morpholine rings is 1. The topological polar surface area (TPSA) is 49.8 Å².